The summed E-state index contributed by atoms with van der Waals surface area (Å²) in [6.45, 7) is 0.604. The summed E-state index contributed by atoms with van der Waals surface area (Å²) in [5, 5.41) is 19.3. The van der Waals surface area contributed by atoms with Crippen LogP contribution in [0.1, 0.15) is 15.9 Å². The first-order valence-electron chi connectivity index (χ1n) is 6.45. The summed E-state index contributed by atoms with van der Waals surface area (Å²) in [6.07, 6.45) is -1.02. The largest absolute Gasteiger partial charge is 0.480 e. The highest BCUT2D eigenvalue weighted by atomic mass is 16.6. The lowest BCUT2D eigenvalue weighted by Crippen LogP contribution is -2.43. The zero-order chi connectivity index (χ0) is 16.5. The molecule has 3 N–H and O–H groups in total. The summed E-state index contributed by atoms with van der Waals surface area (Å²) < 4.78 is 9.57. The standard InChI is InChI=1S/C14H17NO7/c1-9-4-2-3-5-10(9)13(19)21-6-7-22-14(20)15-11(8-16)12(17)18/h2-5,11,16H,6-8H2,1H3,(H,15,20)(H,17,18). The normalized spacial score (nSPS) is 11.4. The van der Waals surface area contributed by atoms with Crippen LogP contribution in [0.2, 0.25) is 0 Å². The van der Waals surface area contributed by atoms with E-state index < -0.39 is 30.7 Å². The second-order valence-corrected chi connectivity index (χ2v) is 4.30. The number of hydrogen-bond acceptors (Lipinski definition) is 6. The van der Waals surface area contributed by atoms with Crippen molar-refractivity contribution < 1.29 is 34.1 Å². The molecule has 120 valence electrons. The SMILES string of the molecule is Cc1ccccc1C(=O)OCCOC(=O)NC(CO)C(=O)O. The molecule has 1 unspecified atom stereocenters. The van der Waals surface area contributed by atoms with E-state index in [4.69, 9.17) is 14.9 Å². The number of amides is 1. The number of benzene rings is 1. The zero-order valence-electron chi connectivity index (χ0n) is 11.9. The Morgan fingerprint density at radius 1 is 1.18 bits per heavy atom. The van der Waals surface area contributed by atoms with E-state index >= 15 is 0 Å². The van der Waals surface area contributed by atoms with E-state index in [0.717, 1.165) is 5.56 Å². The number of aliphatic carboxylic acids is 1. The Hall–Kier alpha value is -2.61. The fourth-order valence-corrected chi connectivity index (χ4v) is 1.52. The summed E-state index contributed by atoms with van der Waals surface area (Å²) in [5.41, 5.74) is 1.18. The van der Waals surface area contributed by atoms with Gasteiger partial charge in [-0.1, -0.05) is 18.2 Å². The molecule has 1 aromatic carbocycles. The fraction of sp³-hybridized carbons (Fsp3) is 0.357. The molecule has 0 spiro atoms. The molecule has 0 aliphatic rings. The van der Waals surface area contributed by atoms with E-state index in [0.29, 0.717) is 5.56 Å². The highest BCUT2D eigenvalue weighted by molar-refractivity contribution is 5.90. The minimum Gasteiger partial charge on any atom is -0.480 e. The van der Waals surface area contributed by atoms with Gasteiger partial charge in [0.2, 0.25) is 0 Å². The Kier molecular flexibility index (Phi) is 6.84. The molecular formula is C14H17NO7. The smallest absolute Gasteiger partial charge is 0.408 e. The summed E-state index contributed by atoms with van der Waals surface area (Å²) in [7, 11) is 0. The molecule has 0 aliphatic carbocycles. The number of alkyl carbamates (subject to hydrolysis) is 1. The molecule has 0 saturated carbocycles. The van der Waals surface area contributed by atoms with Crippen LogP contribution < -0.4 is 5.32 Å². The summed E-state index contributed by atoms with van der Waals surface area (Å²) in [4.78, 5) is 33.5. The molecular weight excluding hydrogens is 294 g/mol. The van der Waals surface area contributed by atoms with Crippen LogP contribution >= 0.6 is 0 Å². The minimum absolute atomic E-state index is 0.169. The van der Waals surface area contributed by atoms with Crippen molar-refractivity contribution in [3.63, 3.8) is 0 Å². The van der Waals surface area contributed by atoms with Crippen molar-refractivity contribution in [2.24, 2.45) is 0 Å². The van der Waals surface area contributed by atoms with Crippen LogP contribution in [0.5, 0.6) is 0 Å². The lowest BCUT2D eigenvalue weighted by molar-refractivity contribution is -0.140. The van der Waals surface area contributed by atoms with E-state index in [9.17, 15) is 14.4 Å². The Morgan fingerprint density at radius 2 is 1.82 bits per heavy atom. The summed E-state index contributed by atoms with van der Waals surface area (Å²) in [5.74, 6) is -1.92. The van der Waals surface area contributed by atoms with Crippen LogP contribution in [0.3, 0.4) is 0 Å². The molecule has 0 radical (unpaired) electrons. The molecule has 0 fully saturated rings. The number of carbonyl (C=O) groups excluding carboxylic acids is 2. The number of carboxylic acid groups (broad SMARTS) is 1. The van der Waals surface area contributed by atoms with Crippen molar-refractivity contribution in [2.75, 3.05) is 19.8 Å². The van der Waals surface area contributed by atoms with Crippen LogP contribution in [0.25, 0.3) is 0 Å². The highest BCUT2D eigenvalue weighted by Crippen LogP contribution is 2.08. The van der Waals surface area contributed by atoms with Crippen LogP contribution in [-0.2, 0) is 14.3 Å². The van der Waals surface area contributed by atoms with Crippen molar-refractivity contribution in [2.45, 2.75) is 13.0 Å². The summed E-state index contributed by atoms with van der Waals surface area (Å²) in [6, 6.07) is 5.43. The molecule has 1 atom stereocenters. The third-order valence-electron chi connectivity index (χ3n) is 2.69. The Balaban J connectivity index is 2.30. The third kappa shape index (κ3) is 5.41. The number of hydrogen-bond donors (Lipinski definition) is 3. The Morgan fingerprint density at radius 3 is 2.41 bits per heavy atom. The van der Waals surface area contributed by atoms with Crippen LogP contribution in [0.15, 0.2) is 24.3 Å². The van der Waals surface area contributed by atoms with Gasteiger partial charge in [0, 0.05) is 0 Å². The van der Waals surface area contributed by atoms with Gasteiger partial charge in [0.1, 0.15) is 13.2 Å². The van der Waals surface area contributed by atoms with Gasteiger partial charge in [0.05, 0.1) is 12.2 Å². The van der Waals surface area contributed by atoms with Crippen molar-refractivity contribution in [3.8, 4) is 0 Å². The highest BCUT2D eigenvalue weighted by Gasteiger charge is 2.19. The van der Waals surface area contributed by atoms with Gasteiger partial charge in [-0.3, -0.25) is 0 Å². The maximum Gasteiger partial charge on any atom is 0.408 e. The van der Waals surface area contributed by atoms with Crippen molar-refractivity contribution in [1.29, 1.82) is 0 Å². The molecule has 0 aromatic heterocycles. The van der Waals surface area contributed by atoms with Gasteiger partial charge >= 0.3 is 18.0 Å². The van der Waals surface area contributed by atoms with E-state index in [1.165, 1.54) is 0 Å². The Labute approximate surface area is 126 Å². The van der Waals surface area contributed by atoms with E-state index in [1.807, 2.05) is 5.32 Å². The third-order valence-corrected chi connectivity index (χ3v) is 2.69. The maximum atomic E-state index is 11.7. The second-order valence-electron chi connectivity index (χ2n) is 4.30. The average Bonchev–Trinajstić information content (AvgIpc) is 2.49. The zero-order valence-corrected chi connectivity index (χ0v) is 11.9. The Bertz CT molecular complexity index is 544. The molecule has 1 amide bonds. The monoisotopic (exact) mass is 311 g/mol. The predicted molar refractivity (Wildman–Crippen MR) is 74.5 cm³/mol. The number of nitrogens with one attached hydrogen (secondary N) is 1. The second kappa shape index (κ2) is 8.63. The van der Waals surface area contributed by atoms with E-state index in [-0.39, 0.29) is 13.2 Å². The number of rotatable bonds is 7. The predicted octanol–water partition coefficient (Wildman–Crippen LogP) is 0.324. The molecule has 0 heterocycles. The quantitative estimate of drug-likeness (QED) is 0.489. The molecule has 8 heteroatoms. The first kappa shape index (κ1) is 17.4. The van der Waals surface area contributed by atoms with Crippen molar-refractivity contribution >= 4 is 18.0 Å². The number of carboxylic acids is 1. The molecule has 1 rings (SSSR count). The van der Waals surface area contributed by atoms with Crippen LogP contribution in [0.4, 0.5) is 4.79 Å². The first-order chi connectivity index (χ1) is 10.5. The molecule has 8 nitrogen and oxygen atoms in total. The average molecular weight is 311 g/mol. The van der Waals surface area contributed by atoms with Gasteiger partial charge in [0.25, 0.3) is 0 Å². The van der Waals surface area contributed by atoms with E-state index in [2.05, 4.69) is 4.74 Å². The number of carbonyl (C=O) groups is 3. The van der Waals surface area contributed by atoms with Gasteiger partial charge in [-0.15, -0.1) is 0 Å². The molecule has 0 saturated heterocycles. The molecule has 1 aromatic rings. The minimum atomic E-state index is -1.44. The van der Waals surface area contributed by atoms with Crippen LogP contribution in [0, 0.1) is 6.92 Å². The first-order valence-corrected chi connectivity index (χ1v) is 6.45. The number of aryl methyl sites for hydroxylation is 1. The molecule has 0 bridgehead atoms. The van der Waals surface area contributed by atoms with E-state index in [1.54, 1.807) is 31.2 Å². The van der Waals surface area contributed by atoms with Gasteiger partial charge in [-0.25, -0.2) is 14.4 Å². The summed E-state index contributed by atoms with van der Waals surface area (Å²) >= 11 is 0. The number of esters is 1. The maximum absolute atomic E-state index is 11.7. The van der Waals surface area contributed by atoms with Crippen molar-refractivity contribution in [3.05, 3.63) is 35.4 Å². The van der Waals surface area contributed by atoms with Crippen molar-refractivity contribution in [1.82, 2.24) is 5.32 Å². The fourth-order valence-electron chi connectivity index (χ4n) is 1.52. The van der Waals surface area contributed by atoms with Gasteiger partial charge in [-0.2, -0.15) is 0 Å². The number of ether oxygens (including phenoxy) is 2. The van der Waals surface area contributed by atoms with Gasteiger partial charge in [0.15, 0.2) is 6.04 Å². The lowest BCUT2D eigenvalue weighted by Gasteiger charge is -2.12. The lowest BCUT2D eigenvalue weighted by atomic mass is 10.1. The topological polar surface area (TPSA) is 122 Å². The molecule has 0 aliphatic heterocycles. The van der Waals surface area contributed by atoms with Gasteiger partial charge in [-0.05, 0) is 18.6 Å². The molecule has 22 heavy (non-hydrogen) atoms. The number of aliphatic hydroxyl groups is 1. The van der Waals surface area contributed by atoms with Crippen LogP contribution in [-0.4, -0.2) is 54.1 Å². The number of aliphatic hydroxyl groups excluding tert-OH is 1. The van der Waals surface area contributed by atoms with Gasteiger partial charge < -0.3 is 25.0 Å².